The number of nitrogens with zero attached hydrogens (tertiary/aromatic N) is 3. The van der Waals surface area contributed by atoms with Gasteiger partial charge in [-0.1, -0.05) is 48.2 Å². The molecule has 0 aliphatic rings. The lowest BCUT2D eigenvalue weighted by molar-refractivity contribution is -0.121. The molecule has 3 aromatic heterocycles. The third-order valence-corrected chi connectivity index (χ3v) is 5.31. The maximum atomic E-state index is 11.0. The zero-order valence-electron chi connectivity index (χ0n) is 18.8. The molecule has 0 aliphatic heterocycles. The topological polar surface area (TPSA) is 91.3 Å². The van der Waals surface area contributed by atoms with E-state index in [9.17, 15) is 9.59 Å². The standard InChI is InChI=1S/C29H17N3O4/c33-18-35-23-11-13-31-27(15-23)29-17-24(36-19-34)16-28(32-29)26-14-20(10-12-30-26)8-9-22-6-3-5-21-4-1-2-7-25(21)22/h1-7,10-19H. The predicted molar refractivity (Wildman–Crippen MR) is 134 cm³/mol. The number of carbonyl (C=O) groups excluding carboxylic acids is 2. The zero-order chi connectivity index (χ0) is 24.7. The van der Waals surface area contributed by atoms with Crippen LogP contribution < -0.4 is 9.47 Å². The summed E-state index contributed by atoms with van der Waals surface area (Å²) in [6.45, 7) is 0.667. The highest BCUT2D eigenvalue weighted by atomic mass is 16.5. The first kappa shape index (κ1) is 22.4. The molecule has 0 N–H and O–H groups in total. The second-order valence-electron chi connectivity index (χ2n) is 7.58. The highest BCUT2D eigenvalue weighted by molar-refractivity contribution is 5.88. The second-order valence-corrected chi connectivity index (χ2v) is 7.58. The van der Waals surface area contributed by atoms with Gasteiger partial charge in [0, 0.05) is 41.7 Å². The van der Waals surface area contributed by atoms with E-state index >= 15 is 0 Å². The molecule has 0 saturated carbocycles. The molecule has 5 rings (SSSR count). The van der Waals surface area contributed by atoms with Gasteiger partial charge < -0.3 is 9.47 Å². The summed E-state index contributed by atoms with van der Waals surface area (Å²) in [5.74, 6) is 7.03. The Bertz CT molecular complexity index is 1650. The molecule has 0 atom stereocenters. The molecule has 2 aromatic carbocycles. The Balaban J connectivity index is 1.53. The molecular weight excluding hydrogens is 454 g/mol. The van der Waals surface area contributed by atoms with Crippen LogP contribution in [0.25, 0.3) is 33.5 Å². The van der Waals surface area contributed by atoms with Crippen LogP contribution in [0.5, 0.6) is 11.5 Å². The number of ether oxygens (including phenoxy) is 2. The van der Waals surface area contributed by atoms with Crippen molar-refractivity contribution in [1.29, 1.82) is 0 Å². The fraction of sp³-hybridized carbons (Fsp3) is 0. The lowest BCUT2D eigenvalue weighted by Gasteiger charge is -2.08. The monoisotopic (exact) mass is 471 g/mol. The molecule has 0 amide bonds. The van der Waals surface area contributed by atoms with Gasteiger partial charge in [0.1, 0.15) is 11.5 Å². The van der Waals surface area contributed by atoms with Gasteiger partial charge in [0.2, 0.25) is 0 Å². The lowest BCUT2D eigenvalue weighted by Crippen LogP contribution is -1.97. The van der Waals surface area contributed by atoms with E-state index in [1.807, 2.05) is 42.5 Å². The predicted octanol–water partition coefficient (Wildman–Crippen LogP) is 4.83. The molecule has 172 valence electrons. The number of fused-ring (bicyclic) bond motifs is 1. The third-order valence-electron chi connectivity index (χ3n) is 5.31. The molecule has 0 spiro atoms. The summed E-state index contributed by atoms with van der Waals surface area (Å²) in [5, 5.41) is 2.21. The van der Waals surface area contributed by atoms with E-state index < -0.39 is 0 Å². The van der Waals surface area contributed by atoms with Crippen molar-refractivity contribution in [3.05, 3.63) is 102 Å². The average Bonchev–Trinajstić information content (AvgIpc) is 2.92. The highest BCUT2D eigenvalue weighted by Crippen LogP contribution is 2.28. The summed E-state index contributed by atoms with van der Waals surface area (Å²) in [6.07, 6.45) is 3.14. The molecule has 0 radical (unpaired) electrons. The normalized spacial score (nSPS) is 10.2. The van der Waals surface area contributed by atoms with E-state index in [1.165, 1.54) is 6.20 Å². The summed E-state index contributed by atoms with van der Waals surface area (Å²) in [7, 11) is 0. The molecular formula is C29H17N3O4. The lowest BCUT2D eigenvalue weighted by atomic mass is 10.0. The first-order valence-corrected chi connectivity index (χ1v) is 10.9. The molecule has 5 aromatic rings. The smallest absolute Gasteiger partial charge is 0.298 e. The molecule has 0 saturated heterocycles. The van der Waals surface area contributed by atoms with Crippen LogP contribution in [0.4, 0.5) is 0 Å². The molecule has 36 heavy (non-hydrogen) atoms. The average molecular weight is 471 g/mol. The Morgan fingerprint density at radius 3 is 2.11 bits per heavy atom. The van der Waals surface area contributed by atoms with Gasteiger partial charge in [-0.3, -0.25) is 19.6 Å². The van der Waals surface area contributed by atoms with Crippen LogP contribution in [0.3, 0.4) is 0 Å². The van der Waals surface area contributed by atoms with Crippen molar-refractivity contribution in [3.8, 4) is 46.1 Å². The summed E-state index contributed by atoms with van der Waals surface area (Å²) in [6, 6.07) is 24.0. The Morgan fingerprint density at radius 1 is 0.639 bits per heavy atom. The van der Waals surface area contributed by atoms with Gasteiger partial charge in [-0.25, -0.2) is 4.98 Å². The summed E-state index contributed by atoms with van der Waals surface area (Å²) < 4.78 is 10.00. The van der Waals surface area contributed by atoms with E-state index in [1.54, 1.807) is 30.5 Å². The van der Waals surface area contributed by atoms with Crippen molar-refractivity contribution in [3.63, 3.8) is 0 Å². The number of carbonyl (C=O) groups is 2. The zero-order valence-corrected chi connectivity index (χ0v) is 18.8. The number of benzene rings is 2. The molecule has 0 unspecified atom stereocenters. The second kappa shape index (κ2) is 10.3. The fourth-order valence-electron chi connectivity index (χ4n) is 3.69. The van der Waals surface area contributed by atoms with Crippen LogP contribution in [0.1, 0.15) is 11.1 Å². The summed E-state index contributed by atoms with van der Waals surface area (Å²) >= 11 is 0. The van der Waals surface area contributed by atoms with Crippen molar-refractivity contribution in [2.45, 2.75) is 0 Å². The Morgan fingerprint density at radius 2 is 1.31 bits per heavy atom. The minimum absolute atomic E-state index is 0.266. The molecule has 7 nitrogen and oxygen atoms in total. The van der Waals surface area contributed by atoms with Crippen molar-refractivity contribution in [2.24, 2.45) is 0 Å². The van der Waals surface area contributed by atoms with Crippen LogP contribution in [-0.2, 0) is 9.59 Å². The molecule has 0 fully saturated rings. The van der Waals surface area contributed by atoms with Crippen LogP contribution >= 0.6 is 0 Å². The Hall–Kier alpha value is -5.35. The van der Waals surface area contributed by atoms with E-state index in [0.29, 0.717) is 41.5 Å². The largest absolute Gasteiger partial charge is 0.429 e. The first-order valence-electron chi connectivity index (χ1n) is 10.9. The fourth-order valence-corrected chi connectivity index (χ4v) is 3.69. The van der Waals surface area contributed by atoms with Crippen LogP contribution in [0.15, 0.2) is 91.3 Å². The maximum Gasteiger partial charge on any atom is 0.298 e. The van der Waals surface area contributed by atoms with Gasteiger partial charge in [-0.05, 0) is 35.0 Å². The number of hydrogen-bond donors (Lipinski definition) is 0. The van der Waals surface area contributed by atoms with Gasteiger partial charge in [0.25, 0.3) is 12.9 Å². The van der Waals surface area contributed by atoms with Gasteiger partial charge in [0.15, 0.2) is 0 Å². The quantitative estimate of drug-likeness (QED) is 0.259. The van der Waals surface area contributed by atoms with Gasteiger partial charge in [0.05, 0.1) is 22.8 Å². The molecule has 7 heteroatoms. The highest BCUT2D eigenvalue weighted by Gasteiger charge is 2.11. The molecule has 0 bridgehead atoms. The van der Waals surface area contributed by atoms with E-state index in [-0.39, 0.29) is 5.75 Å². The van der Waals surface area contributed by atoms with Crippen molar-refractivity contribution < 1.29 is 19.1 Å². The van der Waals surface area contributed by atoms with Crippen molar-refractivity contribution in [2.75, 3.05) is 0 Å². The van der Waals surface area contributed by atoms with E-state index in [2.05, 4.69) is 38.9 Å². The number of hydrogen-bond acceptors (Lipinski definition) is 7. The van der Waals surface area contributed by atoms with E-state index in [4.69, 9.17) is 9.47 Å². The van der Waals surface area contributed by atoms with Gasteiger partial charge in [-0.2, -0.15) is 0 Å². The Labute approximate surface area is 206 Å². The van der Waals surface area contributed by atoms with Crippen molar-refractivity contribution >= 4 is 23.7 Å². The minimum atomic E-state index is 0.266. The minimum Gasteiger partial charge on any atom is -0.429 e. The van der Waals surface area contributed by atoms with Crippen LogP contribution in [-0.4, -0.2) is 27.9 Å². The van der Waals surface area contributed by atoms with Crippen LogP contribution in [0, 0.1) is 11.8 Å². The summed E-state index contributed by atoms with van der Waals surface area (Å²) in [5.41, 5.74) is 3.52. The first-order chi connectivity index (χ1) is 17.7. The summed E-state index contributed by atoms with van der Waals surface area (Å²) in [4.78, 5) is 35.1. The van der Waals surface area contributed by atoms with Crippen molar-refractivity contribution in [1.82, 2.24) is 15.0 Å². The van der Waals surface area contributed by atoms with Gasteiger partial charge >= 0.3 is 0 Å². The molecule has 0 aliphatic carbocycles. The SMILES string of the molecule is O=COc1ccnc(-c2cc(OC=O)cc(-c3cc(C#Cc4cccc5ccccc45)ccn3)n2)c1. The van der Waals surface area contributed by atoms with Crippen LogP contribution in [0.2, 0.25) is 0 Å². The van der Waals surface area contributed by atoms with Gasteiger partial charge in [-0.15, -0.1) is 0 Å². The van der Waals surface area contributed by atoms with E-state index in [0.717, 1.165) is 21.9 Å². The number of pyridine rings is 3. The number of aromatic nitrogens is 3. The third kappa shape index (κ3) is 4.93. The Kier molecular flexibility index (Phi) is 6.41. The number of rotatable bonds is 6. The molecule has 3 heterocycles. The maximum absolute atomic E-state index is 11.0.